The number of alkyl carbamates (subject to hydrolysis) is 1. The lowest BCUT2D eigenvalue weighted by Crippen LogP contribution is -2.53. The molecule has 41 heteroatoms. The van der Waals surface area contributed by atoms with Crippen LogP contribution in [0.5, 0.6) is 5.75 Å². The van der Waals surface area contributed by atoms with Crippen molar-refractivity contribution in [2.24, 2.45) is 41.2 Å². The molecular formula is C90H126N12O25S4. The summed E-state index contributed by atoms with van der Waals surface area (Å²) < 4.78 is 16.9. The first-order valence-electron chi connectivity index (χ1n) is 43.8. The number of phenols is 1. The van der Waals surface area contributed by atoms with Crippen molar-refractivity contribution in [2.75, 3.05) is 64.6 Å². The van der Waals surface area contributed by atoms with E-state index in [1.165, 1.54) is 29.3 Å². The van der Waals surface area contributed by atoms with Gasteiger partial charge in [-0.1, -0.05) is 149 Å². The number of esters is 2. The number of amides is 7. The number of carbonyl (C=O) groups is 17. The highest BCUT2D eigenvalue weighted by molar-refractivity contribution is 8.76. The van der Waals surface area contributed by atoms with Gasteiger partial charge in [-0.2, -0.15) is 0 Å². The molecular weight excluding hydrogens is 1780 g/mol. The van der Waals surface area contributed by atoms with E-state index in [0.717, 1.165) is 52.3 Å². The Bertz CT molecular complexity index is 4470. The molecule has 15 N–H and O–H groups in total. The SMILES string of the molecule is CCCC(=O)OCN(C(=O)[C@@H](CC(=O)[C@H]1CCCCN1C)C(C)CC)[C@H](C[C@H](OC(C)=O)c1nc(C(=O)N[C@@H](Cc2ccc(O)cc2)C[C@H](C)C(=O)CNC(=O)OCCSSC[C@@H](CC(=O)[C@H](CC(=O)O)NC(=O)[C@@H](N)CNC(=O)[C@@H](CC(=O)[C@H](Cc2ccccc2)NC(=O)CCNC(=O)CC[C@H](NC(=S)NCCCC(=O)O)C(=O)O)Cc2ccccc2)C(=O)O)cs1)C(C)C. The molecule has 7 amide bonds. The van der Waals surface area contributed by atoms with E-state index < -0.39 is 194 Å². The van der Waals surface area contributed by atoms with Crippen LogP contribution in [-0.2, 0) is 105 Å². The zero-order chi connectivity index (χ0) is 96.8. The first kappa shape index (κ1) is 111. The van der Waals surface area contributed by atoms with Gasteiger partial charge in [0.05, 0.1) is 37.0 Å². The van der Waals surface area contributed by atoms with Crippen LogP contribution in [0.1, 0.15) is 196 Å². The molecule has 13 atom stereocenters. The lowest BCUT2D eigenvalue weighted by atomic mass is 9.82. The number of nitrogens with two attached hydrogens (primary N) is 1. The van der Waals surface area contributed by atoms with Crippen molar-refractivity contribution in [1.29, 1.82) is 0 Å². The van der Waals surface area contributed by atoms with Gasteiger partial charge >= 0.3 is 41.9 Å². The Morgan fingerprint density at radius 1 is 0.649 bits per heavy atom. The number of thiazole rings is 1. The van der Waals surface area contributed by atoms with E-state index in [9.17, 15) is 97.1 Å². The molecule has 720 valence electrons. The second-order valence-electron chi connectivity index (χ2n) is 32.8. The van der Waals surface area contributed by atoms with Gasteiger partial charge < -0.3 is 92.9 Å². The number of likely N-dealkylation sites (N-methyl/N-ethyl adjacent to an activating group) is 1. The van der Waals surface area contributed by atoms with Crippen LogP contribution in [0.3, 0.4) is 0 Å². The number of phenolic OH excluding ortho intramolecular Hbond substituents is 1. The van der Waals surface area contributed by atoms with Gasteiger partial charge in [0.2, 0.25) is 29.5 Å². The molecule has 1 unspecified atom stereocenters. The second kappa shape index (κ2) is 58.7. The van der Waals surface area contributed by atoms with E-state index in [4.69, 9.17) is 37.3 Å². The third kappa shape index (κ3) is 41.5. The number of aromatic hydroxyl groups is 1. The number of carboxylic acid groups (broad SMARTS) is 4. The molecule has 0 aliphatic carbocycles. The van der Waals surface area contributed by atoms with Crippen molar-refractivity contribution >= 4 is 151 Å². The fraction of sp³-hybridized carbons (Fsp3) is 0.567. The predicted molar refractivity (Wildman–Crippen MR) is 492 cm³/mol. The highest BCUT2D eigenvalue weighted by Gasteiger charge is 2.41. The lowest BCUT2D eigenvalue weighted by molar-refractivity contribution is -0.162. The van der Waals surface area contributed by atoms with Crippen LogP contribution >= 0.6 is 45.1 Å². The normalized spacial score (nSPS) is 15.3. The number of aliphatic carboxylic acids is 4. The Morgan fingerprint density at radius 2 is 1.31 bits per heavy atom. The topological polar surface area (TPSA) is 561 Å². The number of ether oxygens (including phenoxy) is 3. The van der Waals surface area contributed by atoms with Gasteiger partial charge in [0.25, 0.3) is 5.91 Å². The molecule has 0 bridgehead atoms. The number of carboxylic acids is 4. The van der Waals surface area contributed by atoms with Crippen LogP contribution in [0, 0.1) is 35.5 Å². The van der Waals surface area contributed by atoms with Crippen molar-refractivity contribution in [2.45, 2.75) is 225 Å². The molecule has 2 heterocycles. The van der Waals surface area contributed by atoms with Gasteiger partial charge in [0, 0.05) is 125 Å². The Balaban J connectivity index is 1.14. The van der Waals surface area contributed by atoms with Gasteiger partial charge in [-0.05, 0) is 124 Å². The van der Waals surface area contributed by atoms with Crippen LogP contribution < -0.4 is 48.3 Å². The fourth-order valence-corrected chi connectivity index (χ4v) is 17.6. The highest BCUT2D eigenvalue weighted by Crippen LogP contribution is 2.35. The smallest absolute Gasteiger partial charge is 0.407 e. The molecule has 1 aliphatic heterocycles. The molecule has 0 spiro atoms. The number of nitrogens with one attached hydrogen (secondary N) is 8. The predicted octanol–water partition coefficient (Wildman–Crippen LogP) is 6.82. The largest absolute Gasteiger partial charge is 0.508 e. The molecule has 1 saturated heterocycles. The fourth-order valence-electron chi connectivity index (χ4n) is 14.4. The molecule has 131 heavy (non-hydrogen) atoms. The van der Waals surface area contributed by atoms with Crippen LogP contribution in [-0.4, -0.2) is 253 Å². The number of benzene rings is 3. The van der Waals surface area contributed by atoms with E-state index in [1.54, 1.807) is 79.7 Å². The number of thiocarbonyl (C=S) groups is 1. The van der Waals surface area contributed by atoms with Crippen molar-refractivity contribution in [3.05, 3.63) is 118 Å². The second-order valence-corrected chi connectivity index (χ2v) is 36.7. The maximum atomic E-state index is 15.1. The summed E-state index contributed by atoms with van der Waals surface area (Å²) in [5, 5.41) is 71.0. The summed E-state index contributed by atoms with van der Waals surface area (Å²) >= 11 is 6.14. The Labute approximate surface area is 779 Å². The average Bonchev–Trinajstić information content (AvgIpc) is 1.79. The van der Waals surface area contributed by atoms with Crippen LogP contribution in [0.4, 0.5) is 4.79 Å². The average molecular weight is 1900 g/mol. The minimum atomic E-state index is -1.79. The van der Waals surface area contributed by atoms with E-state index in [0.29, 0.717) is 36.0 Å². The van der Waals surface area contributed by atoms with Crippen molar-refractivity contribution in [3.63, 3.8) is 0 Å². The van der Waals surface area contributed by atoms with Gasteiger partial charge in [0.15, 0.2) is 41.1 Å². The first-order chi connectivity index (χ1) is 62.2. The van der Waals surface area contributed by atoms with Gasteiger partial charge in [0.1, 0.15) is 35.1 Å². The molecule has 3 aromatic carbocycles. The highest BCUT2D eigenvalue weighted by atomic mass is 33.1. The van der Waals surface area contributed by atoms with Gasteiger partial charge in [-0.15, -0.1) is 11.3 Å². The van der Waals surface area contributed by atoms with E-state index in [2.05, 4.69) is 47.5 Å². The number of likely N-dealkylation sites (tertiary alicyclic amines) is 1. The Morgan fingerprint density at radius 3 is 1.92 bits per heavy atom. The summed E-state index contributed by atoms with van der Waals surface area (Å²) in [6.07, 6.45) is -1.22. The number of nitrogens with zero attached hydrogens (tertiary/aromatic N) is 3. The summed E-state index contributed by atoms with van der Waals surface area (Å²) in [6, 6.07) is 15.7. The number of ketones is 4. The molecule has 5 rings (SSSR count). The van der Waals surface area contributed by atoms with Gasteiger partial charge in [-0.25, -0.2) is 14.6 Å². The maximum Gasteiger partial charge on any atom is 0.407 e. The third-order valence-corrected chi connectivity index (χ3v) is 25.7. The monoisotopic (exact) mass is 1900 g/mol. The van der Waals surface area contributed by atoms with Crippen molar-refractivity contribution in [1.82, 2.24) is 57.3 Å². The zero-order valence-electron chi connectivity index (χ0n) is 75.2. The molecule has 0 radical (unpaired) electrons. The van der Waals surface area contributed by atoms with Gasteiger partial charge in [-0.3, -0.25) is 76.8 Å². The summed E-state index contributed by atoms with van der Waals surface area (Å²) in [5.41, 5.74) is 8.11. The molecule has 37 nitrogen and oxygen atoms in total. The standard InChI is InChI=1S/C90H126N12O25S4/c1-9-20-81(115)126-52-102(86(119)64(54(5)10-2)45-74(107)70-25-17-18-36-101(70)8)71(53(3)4)47-76(127-56(7)103)85-99-69(51-129-85)84(118)96-62(41-59-27-29-63(104)30-28-59)39-55(6)75(108)49-95-90(124)125-37-38-130-131-50-61(87(120)121)44-73(106)68(46-80(113)114)98-83(117)65(91)48-94-82(116)60(40-57-21-13-11-14-22-57)43-72(105)67(42-58-23-15-12-16-24-58)97-78(110)33-35-92-77(109)32-31-66(88(122)123)100-89(128)93-34-19-26-79(111)112/h11-16,21-24,27-30,51,53-55,60-62,64-68,70-71,76,104H,9-10,17-20,25-26,31-50,52,91H2,1-8H3,(H,92,109)(H,94,116)(H,95,124)(H,96,118)(H,97,110)(H,98,117)(H,111,112)(H,113,114)(H,120,121)(H,122,123)(H2,93,100,128)/t54?,55-,60+,61+,62+,64-,65-,66-,67-,68-,70+,71+,76-/m0/s1. The van der Waals surface area contributed by atoms with E-state index in [1.807, 2.05) is 46.6 Å². The minimum absolute atomic E-state index is 0.0142. The van der Waals surface area contributed by atoms with Crippen LogP contribution in [0.15, 0.2) is 90.3 Å². The Kier molecular flexibility index (Phi) is 49.5. The number of rotatable bonds is 62. The number of hydrogen-bond acceptors (Lipinski definition) is 28. The zero-order valence-corrected chi connectivity index (χ0v) is 78.5. The summed E-state index contributed by atoms with van der Waals surface area (Å²) in [7, 11) is 3.95. The molecule has 1 aromatic heterocycles. The van der Waals surface area contributed by atoms with E-state index in [-0.39, 0.29) is 159 Å². The summed E-state index contributed by atoms with van der Waals surface area (Å²) in [6.45, 7) is 11.2. The molecule has 4 aromatic rings. The summed E-state index contributed by atoms with van der Waals surface area (Å²) in [4.78, 5) is 234. The molecule has 0 saturated carbocycles. The number of aromatic nitrogens is 1. The number of carbonyl (C=O) groups excluding carboxylic acids is 13. The maximum absolute atomic E-state index is 15.1. The van der Waals surface area contributed by atoms with E-state index >= 15 is 4.79 Å². The molecule has 1 fully saturated rings. The minimum Gasteiger partial charge on any atom is -0.508 e. The number of hydrogen-bond donors (Lipinski definition) is 14. The number of Topliss-reactive ketones (excluding diaryl/α,β-unsaturated/α-hetero) is 4. The Hall–Kier alpha value is -11.0. The van der Waals surface area contributed by atoms with Crippen LogP contribution in [0.25, 0.3) is 0 Å². The summed E-state index contributed by atoms with van der Waals surface area (Å²) in [5.74, 6) is -17.6. The lowest BCUT2D eigenvalue weighted by Gasteiger charge is -2.39. The molecule has 1 aliphatic rings. The van der Waals surface area contributed by atoms with Crippen molar-refractivity contribution < 1.29 is 121 Å². The third-order valence-electron chi connectivity index (χ3n) is 22.0. The van der Waals surface area contributed by atoms with Crippen molar-refractivity contribution in [3.8, 4) is 5.75 Å². The quantitative estimate of drug-likeness (QED) is 0.00538. The van der Waals surface area contributed by atoms with Crippen LogP contribution in [0.2, 0.25) is 0 Å². The first-order valence-corrected chi connectivity index (χ1v) is 47.6. The number of piperidine rings is 1.